The number of ether oxygens (including phenoxy) is 1. The number of anilines is 1. The Kier molecular flexibility index (Phi) is 6.35. The summed E-state index contributed by atoms with van der Waals surface area (Å²) in [7, 11) is 0. The average molecular weight is 441 g/mol. The van der Waals surface area contributed by atoms with Crippen molar-refractivity contribution in [2.24, 2.45) is 11.3 Å². The topological polar surface area (TPSA) is 58.6 Å². The summed E-state index contributed by atoms with van der Waals surface area (Å²) >= 11 is 0. The van der Waals surface area contributed by atoms with E-state index in [0.717, 1.165) is 37.2 Å². The molecule has 32 heavy (non-hydrogen) atoms. The van der Waals surface area contributed by atoms with Crippen molar-refractivity contribution in [3.05, 3.63) is 41.3 Å². The quantitative estimate of drug-likeness (QED) is 0.672. The lowest BCUT2D eigenvalue weighted by Crippen LogP contribution is -2.39. The Morgan fingerprint density at radius 1 is 1.16 bits per heavy atom. The number of amides is 1. The van der Waals surface area contributed by atoms with Gasteiger partial charge in [0.05, 0.1) is 17.8 Å². The predicted octanol–water partition coefficient (Wildman–Crippen LogP) is 4.97. The van der Waals surface area contributed by atoms with Crippen molar-refractivity contribution in [2.45, 2.75) is 59.9 Å². The van der Waals surface area contributed by atoms with Crippen LogP contribution in [-0.4, -0.2) is 40.4 Å². The van der Waals surface area contributed by atoms with Gasteiger partial charge < -0.3 is 14.5 Å². The number of para-hydroxylation sites is 1. The Balaban J connectivity index is 1.66. The van der Waals surface area contributed by atoms with Crippen LogP contribution in [-0.2, 0) is 17.8 Å². The highest BCUT2D eigenvalue weighted by molar-refractivity contribution is 5.77. The maximum atomic E-state index is 14.4. The first-order valence-electron chi connectivity index (χ1n) is 11.5. The van der Waals surface area contributed by atoms with Crippen molar-refractivity contribution in [1.82, 2.24) is 14.9 Å². The van der Waals surface area contributed by atoms with Crippen LogP contribution in [0, 0.1) is 17.2 Å². The molecular weight excluding hydrogens is 407 g/mol. The van der Waals surface area contributed by atoms with E-state index >= 15 is 0 Å². The summed E-state index contributed by atoms with van der Waals surface area (Å²) in [5.41, 5.74) is 1.57. The maximum Gasteiger partial charge on any atom is 0.229 e. The van der Waals surface area contributed by atoms with Gasteiger partial charge in [0.25, 0.3) is 0 Å². The van der Waals surface area contributed by atoms with E-state index < -0.39 is 5.82 Å². The summed E-state index contributed by atoms with van der Waals surface area (Å²) in [6.45, 7) is 11.2. The number of fused-ring (bicyclic) bond motifs is 1. The van der Waals surface area contributed by atoms with Crippen LogP contribution in [0.1, 0.15) is 58.2 Å². The summed E-state index contributed by atoms with van der Waals surface area (Å²) in [6.07, 6.45) is 3.30. The second-order valence-corrected chi connectivity index (χ2v) is 10.3. The molecule has 172 valence electrons. The summed E-state index contributed by atoms with van der Waals surface area (Å²) in [5, 5.41) is 0. The van der Waals surface area contributed by atoms with E-state index in [1.807, 2.05) is 4.90 Å². The van der Waals surface area contributed by atoms with Gasteiger partial charge in [0.1, 0.15) is 0 Å². The third-order valence-corrected chi connectivity index (χ3v) is 6.15. The number of carbonyl (C=O) groups is 1. The number of hydrogen-bond donors (Lipinski definition) is 0. The van der Waals surface area contributed by atoms with E-state index in [1.54, 1.807) is 18.2 Å². The fourth-order valence-electron chi connectivity index (χ4n) is 4.22. The lowest BCUT2D eigenvalue weighted by molar-refractivity contribution is -0.134. The minimum absolute atomic E-state index is 0.0877. The number of nitrogens with zero attached hydrogens (tertiary/aromatic N) is 4. The number of piperidine rings is 1. The Morgan fingerprint density at radius 3 is 2.56 bits per heavy atom. The molecule has 6 nitrogen and oxygen atoms in total. The van der Waals surface area contributed by atoms with E-state index in [0.29, 0.717) is 43.7 Å². The molecule has 1 aromatic carbocycles. The summed E-state index contributed by atoms with van der Waals surface area (Å²) in [4.78, 5) is 26.5. The minimum atomic E-state index is -0.440. The number of hydrogen-bond acceptors (Lipinski definition) is 5. The first kappa shape index (κ1) is 22.5. The molecule has 0 atom stereocenters. The Hall–Kier alpha value is -2.70. The number of benzene rings is 1. The van der Waals surface area contributed by atoms with Gasteiger partial charge in [-0.2, -0.15) is 4.98 Å². The summed E-state index contributed by atoms with van der Waals surface area (Å²) < 4.78 is 20.4. The van der Waals surface area contributed by atoms with Crippen LogP contribution in [0.25, 0.3) is 0 Å². The second kappa shape index (κ2) is 9.04. The second-order valence-electron chi connectivity index (χ2n) is 10.3. The molecule has 0 unspecified atom stereocenters. The van der Waals surface area contributed by atoms with E-state index in [4.69, 9.17) is 14.7 Å². The standard InChI is InChI=1S/C25H33FN4O2/c1-17-9-12-29(13-10-17)24-27-20-11-14-30(22(31)15-25(2,3)4)16-18(20)23(28-24)32-21-8-6-5-7-19(21)26/h5-8,17H,9-16H2,1-4H3. The average Bonchev–Trinajstić information content (AvgIpc) is 2.74. The Bertz CT molecular complexity index is 980. The first-order valence-corrected chi connectivity index (χ1v) is 11.5. The third-order valence-electron chi connectivity index (χ3n) is 6.15. The monoisotopic (exact) mass is 440 g/mol. The molecule has 0 bridgehead atoms. The van der Waals surface area contributed by atoms with Crippen molar-refractivity contribution < 1.29 is 13.9 Å². The summed E-state index contributed by atoms with van der Waals surface area (Å²) in [6, 6.07) is 6.33. The molecule has 1 saturated heterocycles. The smallest absolute Gasteiger partial charge is 0.229 e. The van der Waals surface area contributed by atoms with Crippen molar-refractivity contribution in [3.8, 4) is 11.6 Å². The highest BCUT2D eigenvalue weighted by Crippen LogP contribution is 2.34. The van der Waals surface area contributed by atoms with Crippen LogP contribution in [0.2, 0.25) is 0 Å². The SMILES string of the molecule is CC1CCN(c2nc3c(c(Oc4ccccc4F)n2)CN(C(=O)CC(C)(C)C)CC3)CC1. The van der Waals surface area contributed by atoms with Crippen molar-refractivity contribution >= 4 is 11.9 Å². The van der Waals surface area contributed by atoms with Gasteiger partial charge in [-0.25, -0.2) is 9.37 Å². The van der Waals surface area contributed by atoms with Gasteiger partial charge in [-0.3, -0.25) is 4.79 Å². The van der Waals surface area contributed by atoms with Gasteiger partial charge in [-0.15, -0.1) is 0 Å². The van der Waals surface area contributed by atoms with Crippen molar-refractivity contribution in [2.75, 3.05) is 24.5 Å². The molecule has 2 aromatic rings. The molecule has 2 aliphatic heterocycles. The van der Waals surface area contributed by atoms with E-state index in [2.05, 4.69) is 32.6 Å². The van der Waals surface area contributed by atoms with Crippen LogP contribution < -0.4 is 9.64 Å². The van der Waals surface area contributed by atoms with Crippen LogP contribution in [0.5, 0.6) is 11.6 Å². The van der Waals surface area contributed by atoms with Gasteiger partial charge >= 0.3 is 0 Å². The number of aromatic nitrogens is 2. The number of carbonyl (C=O) groups excluding carboxylic acids is 1. The zero-order valence-corrected chi connectivity index (χ0v) is 19.5. The van der Waals surface area contributed by atoms with Gasteiger partial charge in [-0.05, 0) is 36.3 Å². The van der Waals surface area contributed by atoms with Crippen LogP contribution in [0.4, 0.5) is 10.3 Å². The minimum Gasteiger partial charge on any atom is -0.435 e. The molecule has 0 radical (unpaired) electrons. The molecule has 2 aliphatic rings. The van der Waals surface area contributed by atoms with E-state index in [9.17, 15) is 9.18 Å². The normalized spacial score (nSPS) is 17.3. The number of rotatable bonds is 4. The molecule has 0 saturated carbocycles. The Labute approximate surface area is 189 Å². The Morgan fingerprint density at radius 2 is 1.88 bits per heavy atom. The molecule has 4 rings (SSSR count). The van der Waals surface area contributed by atoms with Crippen LogP contribution in [0.3, 0.4) is 0 Å². The van der Waals surface area contributed by atoms with Gasteiger partial charge in [0.2, 0.25) is 17.7 Å². The summed E-state index contributed by atoms with van der Waals surface area (Å²) in [5.74, 6) is 1.47. The molecule has 0 aliphatic carbocycles. The molecule has 1 amide bonds. The fraction of sp³-hybridized carbons (Fsp3) is 0.560. The molecule has 1 aromatic heterocycles. The van der Waals surface area contributed by atoms with Gasteiger partial charge in [0, 0.05) is 32.5 Å². The van der Waals surface area contributed by atoms with E-state index in [-0.39, 0.29) is 17.1 Å². The zero-order chi connectivity index (χ0) is 22.9. The molecule has 1 fully saturated rings. The lowest BCUT2D eigenvalue weighted by Gasteiger charge is -2.34. The molecule has 0 spiro atoms. The molecule has 3 heterocycles. The van der Waals surface area contributed by atoms with Crippen molar-refractivity contribution in [1.29, 1.82) is 0 Å². The molecule has 0 N–H and O–H groups in total. The zero-order valence-electron chi connectivity index (χ0n) is 19.5. The first-order chi connectivity index (χ1) is 15.2. The number of halogens is 1. The largest absolute Gasteiger partial charge is 0.435 e. The molecular formula is C25H33FN4O2. The molecule has 7 heteroatoms. The van der Waals surface area contributed by atoms with Crippen LogP contribution in [0.15, 0.2) is 24.3 Å². The van der Waals surface area contributed by atoms with Gasteiger partial charge in [0.15, 0.2) is 11.6 Å². The highest BCUT2D eigenvalue weighted by atomic mass is 19.1. The van der Waals surface area contributed by atoms with Gasteiger partial charge in [-0.1, -0.05) is 39.8 Å². The fourth-order valence-corrected chi connectivity index (χ4v) is 4.22. The van der Waals surface area contributed by atoms with Crippen LogP contribution >= 0.6 is 0 Å². The van der Waals surface area contributed by atoms with Crippen molar-refractivity contribution in [3.63, 3.8) is 0 Å². The lowest BCUT2D eigenvalue weighted by atomic mass is 9.91. The third kappa shape index (κ3) is 5.19. The highest BCUT2D eigenvalue weighted by Gasteiger charge is 2.30. The van der Waals surface area contributed by atoms with E-state index in [1.165, 1.54) is 6.07 Å². The predicted molar refractivity (Wildman–Crippen MR) is 122 cm³/mol. The maximum absolute atomic E-state index is 14.4.